The van der Waals surface area contributed by atoms with Gasteiger partial charge in [0.2, 0.25) is 0 Å². The Kier molecular flexibility index (Phi) is 6.11. The summed E-state index contributed by atoms with van der Waals surface area (Å²) in [5, 5.41) is 6.13. The molecule has 0 unspecified atom stereocenters. The van der Waals surface area contributed by atoms with E-state index < -0.39 is 0 Å². The standard InChI is InChI=1S/C22H23N3O3/c1-15-6-4-5-7-16(15)13-23-17-8-10-19(24-14-17)22(26)25-20-12-18(27-2)9-11-21(20)28-3/h4-12,14,23H,13H2,1-3H3,(H,25,26). The summed E-state index contributed by atoms with van der Waals surface area (Å²) < 4.78 is 10.5. The average Bonchev–Trinajstić information content (AvgIpc) is 2.73. The maximum Gasteiger partial charge on any atom is 0.274 e. The Morgan fingerprint density at radius 1 is 1.04 bits per heavy atom. The molecule has 0 atom stereocenters. The number of aromatic nitrogens is 1. The summed E-state index contributed by atoms with van der Waals surface area (Å²) in [6.07, 6.45) is 1.65. The second kappa shape index (κ2) is 8.90. The van der Waals surface area contributed by atoms with Crippen LogP contribution in [0.1, 0.15) is 21.6 Å². The highest BCUT2D eigenvalue weighted by Gasteiger charge is 2.12. The fourth-order valence-corrected chi connectivity index (χ4v) is 2.74. The van der Waals surface area contributed by atoms with E-state index in [-0.39, 0.29) is 5.91 Å². The molecule has 0 saturated heterocycles. The molecular formula is C22H23N3O3. The van der Waals surface area contributed by atoms with Gasteiger partial charge >= 0.3 is 0 Å². The molecule has 0 aliphatic carbocycles. The summed E-state index contributed by atoms with van der Waals surface area (Å²) >= 11 is 0. The van der Waals surface area contributed by atoms with E-state index in [0.29, 0.717) is 29.4 Å². The highest BCUT2D eigenvalue weighted by molar-refractivity contribution is 6.03. The molecule has 2 N–H and O–H groups in total. The van der Waals surface area contributed by atoms with E-state index in [4.69, 9.17) is 9.47 Å². The van der Waals surface area contributed by atoms with Crippen LogP contribution in [0.15, 0.2) is 60.8 Å². The molecule has 2 aromatic carbocycles. The number of hydrogen-bond donors (Lipinski definition) is 2. The van der Waals surface area contributed by atoms with Crippen LogP contribution in [0.2, 0.25) is 0 Å². The first-order chi connectivity index (χ1) is 13.6. The van der Waals surface area contributed by atoms with Crippen molar-refractivity contribution in [2.75, 3.05) is 24.9 Å². The second-order valence-corrected chi connectivity index (χ2v) is 6.23. The van der Waals surface area contributed by atoms with Crippen molar-refractivity contribution in [1.29, 1.82) is 0 Å². The Bertz CT molecular complexity index is 955. The third-order valence-electron chi connectivity index (χ3n) is 4.40. The van der Waals surface area contributed by atoms with Crippen molar-refractivity contribution in [3.63, 3.8) is 0 Å². The predicted molar refractivity (Wildman–Crippen MR) is 110 cm³/mol. The molecule has 144 valence electrons. The highest BCUT2D eigenvalue weighted by atomic mass is 16.5. The zero-order valence-electron chi connectivity index (χ0n) is 16.2. The fourth-order valence-electron chi connectivity index (χ4n) is 2.74. The molecule has 0 fully saturated rings. The molecule has 0 aliphatic rings. The molecule has 0 bridgehead atoms. The molecule has 6 nitrogen and oxygen atoms in total. The van der Waals surface area contributed by atoms with Crippen molar-refractivity contribution < 1.29 is 14.3 Å². The van der Waals surface area contributed by atoms with E-state index in [1.807, 2.05) is 18.2 Å². The number of nitrogens with one attached hydrogen (secondary N) is 2. The molecule has 3 aromatic rings. The molecule has 0 aliphatic heterocycles. The van der Waals surface area contributed by atoms with Gasteiger partial charge in [0.15, 0.2) is 0 Å². The van der Waals surface area contributed by atoms with Crippen LogP contribution in [0.3, 0.4) is 0 Å². The molecule has 0 saturated carbocycles. The van der Waals surface area contributed by atoms with E-state index in [2.05, 4.69) is 34.7 Å². The first kappa shape index (κ1) is 19.2. The van der Waals surface area contributed by atoms with Crippen LogP contribution in [0.4, 0.5) is 11.4 Å². The summed E-state index contributed by atoms with van der Waals surface area (Å²) in [7, 11) is 3.11. The van der Waals surface area contributed by atoms with Gasteiger partial charge in [-0.25, -0.2) is 4.98 Å². The molecule has 1 amide bonds. The number of carbonyl (C=O) groups excluding carboxylic acids is 1. The van der Waals surface area contributed by atoms with Crippen molar-refractivity contribution in [3.05, 3.63) is 77.6 Å². The van der Waals surface area contributed by atoms with Crippen molar-refractivity contribution in [2.45, 2.75) is 13.5 Å². The summed E-state index contributed by atoms with van der Waals surface area (Å²) in [6, 6.07) is 16.9. The Balaban J connectivity index is 1.66. The number of methoxy groups -OCH3 is 2. The minimum Gasteiger partial charge on any atom is -0.497 e. The molecule has 0 radical (unpaired) electrons. The predicted octanol–water partition coefficient (Wildman–Crippen LogP) is 4.27. The number of benzene rings is 2. The van der Waals surface area contributed by atoms with Gasteiger partial charge in [0.25, 0.3) is 5.91 Å². The maximum absolute atomic E-state index is 12.5. The summed E-state index contributed by atoms with van der Waals surface area (Å²) in [5.41, 5.74) is 4.13. The number of nitrogens with zero attached hydrogens (tertiary/aromatic N) is 1. The van der Waals surface area contributed by atoms with Crippen LogP contribution in [-0.4, -0.2) is 25.1 Å². The van der Waals surface area contributed by atoms with Gasteiger partial charge in [0.05, 0.1) is 31.8 Å². The van der Waals surface area contributed by atoms with Crippen molar-refractivity contribution >= 4 is 17.3 Å². The van der Waals surface area contributed by atoms with Crippen molar-refractivity contribution in [2.24, 2.45) is 0 Å². The van der Waals surface area contributed by atoms with Crippen LogP contribution in [0.5, 0.6) is 11.5 Å². The lowest BCUT2D eigenvalue weighted by Crippen LogP contribution is -2.14. The van der Waals surface area contributed by atoms with Gasteiger partial charge in [-0.05, 0) is 42.3 Å². The molecule has 1 aromatic heterocycles. The third kappa shape index (κ3) is 4.59. The molecule has 0 spiro atoms. The van der Waals surface area contributed by atoms with Gasteiger partial charge in [-0.1, -0.05) is 24.3 Å². The van der Waals surface area contributed by atoms with E-state index in [0.717, 1.165) is 5.69 Å². The van der Waals surface area contributed by atoms with E-state index in [1.165, 1.54) is 11.1 Å². The normalized spacial score (nSPS) is 10.2. The second-order valence-electron chi connectivity index (χ2n) is 6.23. The van der Waals surface area contributed by atoms with Crippen LogP contribution in [0, 0.1) is 6.92 Å². The Morgan fingerprint density at radius 2 is 1.86 bits per heavy atom. The minimum absolute atomic E-state index is 0.311. The Labute approximate surface area is 164 Å². The first-order valence-corrected chi connectivity index (χ1v) is 8.88. The topological polar surface area (TPSA) is 72.5 Å². The van der Waals surface area contributed by atoms with Crippen LogP contribution in [0.25, 0.3) is 0 Å². The average molecular weight is 377 g/mol. The summed E-state index contributed by atoms with van der Waals surface area (Å²) in [5.74, 6) is 0.850. The summed E-state index contributed by atoms with van der Waals surface area (Å²) in [6.45, 7) is 2.77. The van der Waals surface area contributed by atoms with Gasteiger partial charge in [-0.3, -0.25) is 4.79 Å². The molecule has 28 heavy (non-hydrogen) atoms. The zero-order valence-corrected chi connectivity index (χ0v) is 16.2. The number of ether oxygens (including phenoxy) is 2. The number of pyridine rings is 1. The quantitative estimate of drug-likeness (QED) is 0.643. The Morgan fingerprint density at radius 3 is 2.54 bits per heavy atom. The number of amides is 1. The van der Waals surface area contributed by atoms with E-state index >= 15 is 0 Å². The lowest BCUT2D eigenvalue weighted by atomic mass is 10.1. The molecular weight excluding hydrogens is 354 g/mol. The van der Waals surface area contributed by atoms with Gasteiger partial charge < -0.3 is 20.1 Å². The van der Waals surface area contributed by atoms with Gasteiger partial charge in [-0.15, -0.1) is 0 Å². The number of hydrogen-bond acceptors (Lipinski definition) is 5. The minimum atomic E-state index is -0.322. The number of anilines is 2. The van der Waals surface area contributed by atoms with Gasteiger partial charge in [0, 0.05) is 12.6 Å². The lowest BCUT2D eigenvalue weighted by Gasteiger charge is -2.12. The first-order valence-electron chi connectivity index (χ1n) is 8.88. The lowest BCUT2D eigenvalue weighted by molar-refractivity contribution is 0.102. The monoisotopic (exact) mass is 377 g/mol. The van der Waals surface area contributed by atoms with Crippen LogP contribution < -0.4 is 20.1 Å². The third-order valence-corrected chi connectivity index (χ3v) is 4.40. The zero-order chi connectivity index (χ0) is 19.9. The van der Waals surface area contributed by atoms with Crippen LogP contribution in [-0.2, 0) is 6.54 Å². The smallest absolute Gasteiger partial charge is 0.274 e. The highest BCUT2D eigenvalue weighted by Crippen LogP contribution is 2.29. The van der Waals surface area contributed by atoms with Crippen LogP contribution >= 0.6 is 0 Å². The summed E-state index contributed by atoms with van der Waals surface area (Å²) in [4.78, 5) is 16.8. The van der Waals surface area contributed by atoms with Gasteiger partial charge in [0.1, 0.15) is 17.2 Å². The molecule has 1 heterocycles. The van der Waals surface area contributed by atoms with Crippen molar-refractivity contribution in [1.82, 2.24) is 4.98 Å². The maximum atomic E-state index is 12.5. The Hall–Kier alpha value is -3.54. The van der Waals surface area contributed by atoms with E-state index in [9.17, 15) is 4.79 Å². The van der Waals surface area contributed by atoms with Crippen molar-refractivity contribution in [3.8, 4) is 11.5 Å². The fraction of sp³-hybridized carbons (Fsp3) is 0.182. The number of carbonyl (C=O) groups is 1. The number of rotatable bonds is 7. The van der Waals surface area contributed by atoms with Gasteiger partial charge in [-0.2, -0.15) is 0 Å². The van der Waals surface area contributed by atoms with E-state index in [1.54, 1.807) is 44.7 Å². The molecule has 3 rings (SSSR count). The largest absolute Gasteiger partial charge is 0.497 e. The SMILES string of the molecule is COc1ccc(OC)c(NC(=O)c2ccc(NCc3ccccc3C)cn2)c1. The molecule has 6 heteroatoms. The number of aryl methyl sites for hydroxylation is 1.